The molecule has 1 heterocycles. The molecule has 0 spiro atoms. The minimum atomic E-state index is -0.322. The molecule has 0 bridgehead atoms. The van der Waals surface area contributed by atoms with Crippen molar-refractivity contribution < 1.29 is 18.7 Å². The van der Waals surface area contributed by atoms with E-state index in [0.717, 1.165) is 37.9 Å². The number of hydrogen-bond donors (Lipinski definition) is 0. The van der Waals surface area contributed by atoms with Gasteiger partial charge in [0.05, 0.1) is 13.2 Å². The lowest BCUT2D eigenvalue weighted by Gasteiger charge is -2.18. The van der Waals surface area contributed by atoms with Gasteiger partial charge in [0.15, 0.2) is 0 Å². The van der Waals surface area contributed by atoms with Crippen molar-refractivity contribution >= 4 is 5.91 Å². The predicted molar refractivity (Wildman–Crippen MR) is 104 cm³/mol. The van der Waals surface area contributed by atoms with Crippen molar-refractivity contribution in [3.8, 4) is 16.9 Å². The summed E-state index contributed by atoms with van der Waals surface area (Å²) >= 11 is 0. The summed E-state index contributed by atoms with van der Waals surface area (Å²) in [4.78, 5) is 14.3. The Hall–Kier alpha value is -2.40. The van der Waals surface area contributed by atoms with Gasteiger partial charge in [0.2, 0.25) is 0 Å². The van der Waals surface area contributed by atoms with Crippen molar-refractivity contribution in [3.63, 3.8) is 0 Å². The molecule has 0 N–H and O–H groups in total. The van der Waals surface area contributed by atoms with Crippen LogP contribution in [0.3, 0.4) is 0 Å². The molecule has 2 aromatic rings. The SMILES string of the molecule is COc1ccc(F)cc1-c1ccc(C(=O)N(C)CCCC2CCCO2)cc1. The van der Waals surface area contributed by atoms with Crippen LogP contribution in [0.15, 0.2) is 42.5 Å². The third-order valence-corrected chi connectivity index (χ3v) is 4.99. The van der Waals surface area contributed by atoms with E-state index in [2.05, 4.69) is 0 Å². The monoisotopic (exact) mass is 371 g/mol. The summed E-state index contributed by atoms with van der Waals surface area (Å²) in [6.07, 6.45) is 4.56. The number of amides is 1. The lowest BCUT2D eigenvalue weighted by molar-refractivity contribution is 0.0763. The van der Waals surface area contributed by atoms with E-state index in [9.17, 15) is 9.18 Å². The van der Waals surface area contributed by atoms with Gasteiger partial charge in [0, 0.05) is 31.3 Å². The van der Waals surface area contributed by atoms with Crippen LogP contribution >= 0.6 is 0 Å². The van der Waals surface area contributed by atoms with Crippen molar-refractivity contribution in [2.75, 3.05) is 27.3 Å². The normalized spacial score (nSPS) is 16.3. The smallest absolute Gasteiger partial charge is 0.253 e. The van der Waals surface area contributed by atoms with Crippen molar-refractivity contribution in [1.29, 1.82) is 0 Å². The molecule has 1 aliphatic heterocycles. The Bertz CT molecular complexity index is 770. The number of carbonyl (C=O) groups excluding carboxylic acids is 1. The van der Waals surface area contributed by atoms with Gasteiger partial charge in [-0.05, 0) is 61.6 Å². The molecule has 4 nitrogen and oxygen atoms in total. The molecule has 2 aromatic carbocycles. The summed E-state index contributed by atoms with van der Waals surface area (Å²) in [5, 5.41) is 0. The second kappa shape index (κ2) is 9.00. The first-order valence-electron chi connectivity index (χ1n) is 9.39. The van der Waals surface area contributed by atoms with E-state index in [1.807, 2.05) is 19.2 Å². The first-order chi connectivity index (χ1) is 13.1. The number of carbonyl (C=O) groups is 1. The Kier molecular flexibility index (Phi) is 6.45. The van der Waals surface area contributed by atoms with Gasteiger partial charge >= 0.3 is 0 Å². The Morgan fingerprint density at radius 3 is 2.70 bits per heavy atom. The summed E-state index contributed by atoms with van der Waals surface area (Å²) < 4.78 is 24.5. The zero-order valence-electron chi connectivity index (χ0n) is 15.9. The number of rotatable bonds is 7. The molecule has 1 amide bonds. The van der Waals surface area contributed by atoms with Gasteiger partial charge in [0.25, 0.3) is 5.91 Å². The van der Waals surface area contributed by atoms with E-state index < -0.39 is 0 Å². The highest BCUT2D eigenvalue weighted by molar-refractivity contribution is 5.94. The maximum absolute atomic E-state index is 13.6. The van der Waals surface area contributed by atoms with Gasteiger partial charge in [-0.1, -0.05) is 12.1 Å². The molecule has 1 fully saturated rings. The molecule has 1 aliphatic rings. The number of methoxy groups -OCH3 is 1. The summed E-state index contributed by atoms with van der Waals surface area (Å²) in [7, 11) is 3.38. The van der Waals surface area contributed by atoms with Crippen molar-refractivity contribution in [3.05, 3.63) is 53.8 Å². The van der Waals surface area contributed by atoms with Crippen LogP contribution < -0.4 is 4.74 Å². The van der Waals surface area contributed by atoms with Crippen LogP contribution in [-0.4, -0.2) is 44.2 Å². The van der Waals surface area contributed by atoms with Gasteiger partial charge < -0.3 is 14.4 Å². The van der Waals surface area contributed by atoms with Crippen molar-refractivity contribution in [2.24, 2.45) is 0 Å². The Balaban J connectivity index is 1.62. The van der Waals surface area contributed by atoms with Gasteiger partial charge in [-0.15, -0.1) is 0 Å². The lowest BCUT2D eigenvalue weighted by Crippen LogP contribution is -2.28. The number of ether oxygens (including phenoxy) is 2. The van der Waals surface area contributed by atoms with E-state index >= 15 is 0 Å². The standard InChI is InChI=1S/C22H26FNO3/c1-24(13-3-5-19-6-4-14-27-19)22(25)17-9-7-16(8-10-17)20-15-18(23)11-12-21(20)26-2/h7-12,15,19H,3-6,13-14H2,1-2H3. The average molecular weight is 371 g/mol. The maximum Gasteiger partial charge on any atom is 0.253 e. The first kappa shape index (κ1) is 19.4. The Morgan fingerprint density at radius 2 is 2.04 bits per heavy atom. The fraction of sp³-hybridized carbons (Fsp3) is 0.409. The van der Waals surface area contributed by atoms with E-state index in [-0.39, 0.29) is 11.7 Å². The molecule has 27 heavy (non-hydrogen) atoms. The maximum atomic E-state index is 13.6. The highest BCUT2D eigenvalue weighted by Crippen LogP contribution is 2.30. The average Bonchev–Trinajstić information content (AvgIpc) is 3.21. The second-order valence-corrected chi connectivity index (χ2v) is 6.93. The minimum absolute atomic E-state index is 0.0138. The summed E-state index contributed by atoms with van der Waals surface area (Å²) in [5.74, 6) is 0.263. The molecule has 0 saturated carbocycles. The molecule has 144 valence electrons. The molecule has 1 atom stereocenters. The molecule has 1 saturated heterocycles. The number of hydrogen-bond acceptors (Lipinski definition) is 3. The molecular weight excluding hydrogens is 345 g/mol. The highest BCUT2D eigenvalue weighted by atomic mass is 19.1. The van der Waals surface area contributed by atoms with E-state index in [0.29, 0.717) is 29.5 Å². The van der Waals surface area contributed by atoms with E-state index in [4.69, 9.17) is 9.47 Å². The van der Waals surface area contributed by atoms with Crippen LogP contribution in [0.25, 0.3) is 11.1 Å². The van der Waals surface area contributed by atoms with Crippen LogP contribution in [0.4, 0.5) is 4.39 Å². The molecule has 0 aromatic heterocycles. The molecule has 0 radical (unpaired) electrons. The van der Waals surface area contributed by atoms with Crippen LogP contribution in [-0.2, 0) is 4.74 Å². The van der Waals surface area contributed by atoms with Crippen LogP contribution in [0.1, 0.15) is 36.0 Å². The van der Waals surface area contributed by atoms with Crippen LogP contribution in [0.2, 0.25) is 0 Å². The van der Waals surface area contributed by atoms with Gasteiger partial charge in [-0.2, -0.15) is 0 Å². The predicted octanol–water partition coefficient (Wildman–Crippen LogP) is 4.53. The zero-order valence-corrected chi connectivity index (χ0v) is 15.9. The van der Waals surface area contributed by atoms with Crippen molar-refractivity contribution in [1.82, 2.24) is 4.90 Å². The van der Waals surface area contributed by atoms with Crippen molar-refractivity contribution in [2.45, 2.75) is 31.8 Å². The highest BCUT2D eigenvalue weighted by Gasteiger charge is 2.17. The lowest BCUT2D eigenvalue weighted by atomic mass is 10.0. The van der Waals surface area contributed by atoms with Gasteiger partial charge in [0.1, 0.15) is 11.6 Å². The topological polar surface area (TPSA) is 38.8 Å². The summed E-state index contributed by atoms with van der Waals surface area (Å²) in [6, 6.07) is 11.6. The minimum Gasteiger partial charge on any atom is -0.496 e. The number of nitrogens with zero attached hydrogens (tertiary/aromatic N) is 1. The fourth-order valence-corrected chi connectivity index (χ4v) is 3.45. The van der Waals surface area contributed by atoms with E-state index in [1.54, 1.807) is 30.2 Å². The zero-order chi connectivity index (χ0) is 19.2. The third-order valence-electron chi connectivity index (χ3n) is 4.99. The fourth-order valence-electron chi connectivity index (χ4n) is 3.45. The second-order valence-electron chi connectivity index (χ2n) is 6.93. The van der Waals surface area contributed by atoms with Gasteiger partial charge in [-0.3, -0.25) is 4.79 Å². The molecule has 1 unspecified atom stereocenters. The molecular formula is C22H26FNO3. The van der Waals surface area contributed by atoms with Crippen LogP contribution in [0, 0.1) is 5.82 Å². The first-order valence-corrected chi connectivity index (χ1v) is 9.39. The molecule has 5 heteroatoms. The number of halogens is 1. The van der Waals surface area contributed by atoms with E-state index in [1.165, 1.54) is 12.1 Å². The molecule has 3 rings (SSSR count). The van der Waals surface area contributed by atoms with Gasteiger partial charge in [-0.25, -0.2) is 4.39 Å². The summed E-state index contributed by atoms with van der Waals surface area (Å²) in [6.45, 7) is 1.57. The third kappa shape index (κ3) is 4.86. The quantitative estimate of drug-likeness (QED) is 0.718. The summed E-state index contributed by atoms with van der Waals surface area (Å²) in [5.41, 5.74) is 2.10. The Labute approximate surface area is 159 Å². The number of benzene rings is 2. The Morgan fingerprint density at radius 1 is 1.26 bits per heavy atom. The largest absolute Gasteiger partial charge is 0.496 e. The van der Waals surface area contributed by atoms with Crippen LogP contribution in [0.5, 0.6) is 5.75 Å². The molecule has 0 aliphatic carbocycles.